The van der Waals surface area contributed by atoms with Crippen LogP contribution in [0.3, 0.4) is 0 Å². The number of hydrogen-bond donors (Lipinski definition) is 3. The fourth-order valence-electron chi connectivity index (χ4n) is 3.83. The first-order valence-corrected chi connectivity index (χ1v) is 8.22. The van der Waals surface area contributed by atoms with Crippen molar-refractivity contribution in [2.45, 2.75) is 31.5 Å². The molecular formula is C20H16O6. The quantitative estimate of drug-likeness (QED) is 0.611. The summed E-state index contributed by atoms with van der Waals surface area (Å²) in [7, 11) is 0. The summed E-state index contributed by atoms with van der Waals surface area (Å²) >= 11 is 0. The van der Waals surface area contributed by atoms with Crippen LogP contribution in [0, 0.1) is 0 Å². The van der Waals surface area contributed by atoms with Gasteiger partial charge < -0.3 is 15.3 Å². The summed E-state index contributed by atoms with van der Waals surface area (Å²) in [5.41, 5.74) is -0.514. The van der Waals surface area contributed by atoms with Crippen LogP contribution in [0.2, 0.25) is 0 Å². The number of aliphatic hydroxyl groups is 2. The van der Waals surface area contributed by atoms with Gasteiger partial charge in [0.15, 0.2) is 17.3 Å². The minimum Gasteiger partial charge on any atom is -0.507 e. The molecular weight excluding hydrogens is 336 g/mol. The summed E-state index contributed by atoms with van der Waals surface area (Å²) in [6.45, 7) is 1.25. The number of fused-ring (bicyclic) bond motifs is 3. The van der Waals surface area contributed by atoms with Crippen molar-refractivity contribution in [3.63, 3.8) is 0 Å². The molecule has 0 saturated heterocycles. The van der Waals surface area contributed by atoms with Crippen LogP contribution >= 0.6 is 0 Å². The maximum absolute atomic E-state index is 12.8. The van der Waals surface area contributed by atoms with Crippen molar-refractivity contribution in [3.05, 3.63) is 63.7 Å². The van der Waals surface area contributed by atoms with Gasteiger partial charge in [-0.25, -0.2) is 0 Å². The van der Waals surface area contributed by atoms with Gasteiger partial charge in [0.2, 0.25) is 0 Å². The van der Waals surface area contributed by atoms with E-state index in [1.54, 1.807) is 0 Å². The van der Waals surface area contributed by atoms with E-state index in [-0.39, 0.29) is 40.8 Å². The highest BCUT2D eigenvalue weighted by Gasteiger charge is 2.42. The van der Waals surface area contributed by atoms with Gasteiger partial charge in [-0.1, -0.05) is 12.1 Å². The molecule has 26 heavy (non-hydrogen) atoms. The average Bonchev–Trinajstić information content (AvgIpc) is 2.58. The maximum Gasteiger partial charge on any atom is 0.198 e. The Kier molecular flexibility index (Phi) is 3.41. The predicted octanol–water partition coefficient (Wildman–Crippen LogP) is 1.47. The number of hydrogen-bond acceptors (Lipinski definition) is 6. The van der Waals surface area contributed by atoms with E-state index >= 15 is 0 Å². The summed E-state index contributed by atoms with van der Waals surface area (Å²) in [4.78, 5) is 37.4. The van der Waals surface area contributed by atoms with Gasteiger partial charge in [-0.3, -0.25) is 14.4 Å². The third kappa shape index (κ3) is 2.16. The molecule has 0 fully saturated rings. The maximum atomic E-state index is 12.8. The van der Waals surface area contributed by atoms with Crippen molar-refractivity contribution < 1.29 is 29.7 Å². The Balaban J connectivity index is 1.92. The zero-order valence-electron chi connectivity index (χ0n) is 13.9. The van der Waals surface area contributed by atoms with Crippen LogP contribution in [0.4, 0.5) is 0 Å². The van der Waals surface area contributed by atoms with Gasteiger partial charge >= 0.3 is 0 Å². The molecule has 0 heterocycles. The molecule has 0 radical (unpaired) electrons. The molecule has 2 aliphatic rings. The number of phenols is 1. The molecule has 2 atom stereocenters. The minimum atomic E-state index is -1.71. The Morgan fingerprint density at radius 3 is 2.50 bits per heavy atom. The first-order valence-electron chi connectivity index (χ1n) is 8.22. The average molecular weight is 352 g/mol. The largest absolute Gasteiger partial charge is 0.507 e. The summed E-state index contributed by atoms with van der Waals surface area (Å²) in [5, 5.41) is 30.9. The Bertz CT molecular complexity index is 1010. The number of phenolic OH excluding ortho intramolecular Hbond substituents is 1. The molecule has 0 bridgehead atoms. The number of carbonyl (C=O) groups excluding carboxylic acids is 3. The molecule has 2 aromatic carbocycles. The molecule has 0 saturated carbocycles. The van der Waals surface area contributed by atoms with Gasteiger partial charge in [-0.2, -0.15) is 0 Å². The summed E-state index contributed by atoms with van der Waals surface area (Å²) in [5.74, 6) is -1.65. The van der Waals surface area contributed by atoms with E-state index in [9.17, 15) is 29.7 Å². The van der Waals surface area contributed by atoms with E-state index in [0.29, 0.717) is 11.1 Å². The Hall–Kier alpha value is -2.83. The molecule has 6 nitrogen and oxygen atoms in total. The lowest BCUT2D eigenvalue weighted by Gasteiger charge is -2.35. The van der Waals surface area contributed by atoms with E-state index in [1.807, 2.05) is 0 Å². The number of ketones is 3. The first-order chi connectivity index (χ1) is 12.2. The molecule has 6 heteroatoms. The van der Waals surface area contributed by atoms with Crippen molar-refractivity contribution in [1.82, 2.24) is 0 Å². The summed E-state index contributed by atoms with van der Waals surface area (Å²) in [6.07, 6.45) is -1.32. The lowest BCUT2D eigenvalue weighted by atomic mass is 9.73. The summed E-state index contributed by atoms with van der Waals surface area (Å²) in [6, 6.07) is 7.21. The second kappa shape index (κ2) is 5.33. The van der Waals surface area contributed by atoms with E-state index in [2.05, 4.69) is 0 Å². The monoisotopic (exact) mass is 352 g/mol. The van der Waals surface area contributed by atoms with E-state index in [1.165, 1.54) is 37.3 Å². The van der Waals surface area contributed by atoms with Gasteiger partial charge in [0.1, 0.15) is 11.4 Å². The molecule has 3 N–H and O–H groups in total. The Labute approximate surface area is 148 Å². The molecule has 0 aromatic heterocycles. The number of aliphatic hydroxyl groups excluding tert-OH is 1. The number of benzene rings is 2. The highest BCUT2D eigenvalue weighted by molar-refractivity contribution is 6.29. The topological polar surface area (TPSA) is 112 Å². The van der Waals surface area contributed by atoms with Crippen molar-refractivity contribution >= 4 is 17.3 Å². The van der Waals surface area contributed by atoms with Crippen LogP contribution < -0.4 is 0 Å². The molecule has 4 rings (SSSR count). The summed E-state index contributed by atoms with van der Waals surface area (Å²) < 4.78 is 0. The van der Waals surface area contributed by atoms with Crippen molar-refractivity contribution in [2.75, 3.05) is 0 Å². The van der Waals surface area contributed by atoms with Gasteiger partial charge in [0.25, 0.3) is 0 Å². The lowest BCUT2D eigenvalue weighted by molar-refractivity contribution is -0.139. The number of Topliss-reactive ketones (excluding diaryl/α,β-unsaturated/α-hetero) is 1. The molecule has 0 unspecified atom stereocenters. The molecule has 2 aliphatic carbocycles. The fourth-order valence-corrected chi connectivity index (χ4v) is 3.83. The van der Waals surface area contributed by atoms with Crippen LogP contribution in [0.5, 0.6) is 5.75 Å². The normalized spacial score (nSPS) is 23.9. The van der Waals surface area contributed by atoms with Crippen LogP contribution in [-0.4, -0.2) is 38.3 Å². The molecule has 132 valence electrons. The number of carbonyl (C=O) groups is 3. The SMILES string of the molecule is CC(=O)[C@@]1(O)Cc2cc3c(cc2[C@H](O)C1)C(=O)c1cccc(O)c1C3=O. The van der Waals surface area contributed by atoms with Crippen LogP contribution in [0.15, 0.2) is 30.3 Å². The van der Waals surface area contributed by atoms with Gasteiger partial charge in [-0.15, -0.1) is 0 Å². The molecule has 0 aliphatic heterocycles. The zero-order chi connectivity index (χ0) is 18.8. The van der Waals surface area contributed by atoms with Gasteiger partial charge in [-0.05, 0) is 36.2 Å². The Morgan fingerprint density at radius 1 is 1.12 bits per heavy atom. The first kappa shape index (κ1) is 16.6. The van der Waals surface area contributed by atoms with Crippen molar-refractivity contribution in [2.24, 2.45) is 0 Å². The lowest BCUT2D eigenvalue weighted by Crippen LogP contribution is -2.44. The van der Waals surface area contributed by atoms with Crippen LogP contribution in [-0.2, 0) is 11.2 Å². The number of rotatable bonds is 1. The predicted molar refractivity (Wildman–Crippen MR) is 90.3 cm³/mol. The third-order valence-corrected chi connectivity index (χ3v) is 5.31. The number of aromatic hydroxyl groups is 1. The van der Waals surface area contributed by atoms with Crippen LogP contribution in [0.25, 0.3) is 0 Å². The van der Waals surface area contributed by atoms with Gasteiger partial charge in [0.05, 0.1) is 11.7 Å². The standard InChI is InChI=1S/C20H16O6/c1-9(21)20(26)7-10-5-13-14(6-12(10)16(23)8-20)18(24)11-3-2-4-15(22)17(11)19(13)25/h2-6,16,22-23,26H,7-8H2,1H3/t16-,20-/m1/s1. The second-order valence-electron chi connectivity index (χ2n) is 6.94. The van der Waals surface area contributed by atoms with Gasteiger partial charge in [0, 0.05) is 29.5 Å². The van der Waals surface area contributed by atoms with E-state index in [0.717, 1.165) is 0 Å². The smallest absolute Gasteiger partial charge is 0.198 e. The zero-order valence-corrected chi connectivity index (χ0v) is 13.9. The highest BCUT2D eigenvalue weighted by Crippen LogP contribution is 2.40. The van der Waals surface area contributed by atoms with Crippen molar-refractivity contribution in [1.29, 1.82) is 0 Å². The van der Waals surface area contributed by atoms with Crippen LogP contribution in [0.1, 0.15) is 62.4 Å². The Morgan fingerprint density at radius 2 is 1.81 bits per heavy atom. The van der Waals surface area contributed by atoms with E-state index in [4.69, 9.17) is 0 Å². The van der Waals surface area contributed by atoms with E-state index < -0.39 is 29.1 Å². The molecule has 0 amide bonds. The highest BCUT2D eigenvalue weighted by atomic mass is 16.3. The van der Waals surface area contributed by atoms with Crippen molar-refractivity contribution in [3.8, 4) is 5.75 Å². The minimum absolute atomic E-state index is 0.0445. The molecule has 2 aromatic rings. The third-order valence-electron chi connectivity index (χ3n) is 5.31. The molecule has 0 spiro atoms. The fraction of sp³-hybridized carbons (Fsp3) is 0.250. The second-order valence-corrected chi connectivity index (χ2v) is 6.94.